The molecule has 1 N–H and O–H groups in total. The number of aryl methyl sites for hydroxylation is 1. The van der Waals surface area contributed by atoms with E-state index >= 15 is 0 Å². The van der Waals surface area contributed by atoms with Crippen LogP contribution in [0.5, 0.6) is 11.5 Å². The zero-order valence-corrected chi connectivity index (χ0v) is 22.7. The molecule has 0 fully saturated rings. The van der Waals surface area contributed by atoms with E-state index in [-0.39, 0.29) is 30.8 Å². The van der Waals surface area contributed by atoms with Crippen LogP contribution in [-0.2, 0) is 22.6 Å². The maximum Gasteiger partial charge on any atom is 0.242 e. The summed E-state index contributed by atoms with van der Waals surface area (Å²) >= 11 is 12.2. The van der Waals surface area contributed by atoms with Gasteiger partial charge in [0.2, 0.25) is 11.8 Å². The first-order valence-electron chi connectivity index (χ1n) is 12.1. The monoisotopic (exact) mass is 522 g/mol. The first-order valence-corrected chi connectivity index (χ1v) is 12.9. The molecule has 0 radical (unpaired) electrons. The van der Waals surface area contributed by atoms with Crippen molar-refractivity contribution in [2.75, 3.05) is 13.2 Å². The molecule has 0 aromatic heterocycles. The van der Waals surface area contributed by atoms with Gasteiger partial charge in [-0.3, -0.25) is 9.59 Å². The maximum atomic E-state index is 13.4. The molecule has 2 atom stereocenters. The number of hydrogen-bond acceptors (Lipinski definition) is 4. The molecule has 8 heteroatoms. The molecule has 0 aliphatic rings. The predicted octanol–water partition coefficient (Wildman–Crippen LogP) is 6.06. The molecule has 192 valence electrons. The van der Waals surface area contributed by atoms with Crippen LogP contribution in [-0.4, -0.2) is 42.0 Å². The molecular weight excluding hydrogens is 487 g/mol. The summed E-state index contributed by atoms with van der Waals surface area (Å²) in [5.41, 5.74) is 1.76. The zero-order chi connectivity index (χ0) is 26.0. The molecule has 0 aliphatic heterocycles. The van der Waals surface area contributed by atoms with Crippen molar-refractivity contribution < 1.29 is 19.1 Å². The van der Waals surface area contributed by atoms with Crippen molar-refractivity contribution in [2.24, 2.45) is 0 Å². The van der Waals surface area contributed by atoms with E-state index in [1.165, 1.54) is 0 Å². The van der Waals surface area contributed by atoms with E-state index in [2.05, 4.69) is 5.32 Å². The normalized spacial score (nSPS) is 12.5. The Kier molecular flexibility index (Phi) is 11.7. The number of rotatable bonds is 13. The summed E-state index contributed by atoms with van der Waals surface area (Å²) in [4.78, 5) is 27.9. The molecular formula is C27H36Cl2N2O4. The van der Waals surface area contributed by atoms with Gasteiger partial charge >= 0.3 is 0 Å². The van der Waals surface area contributed by atoms with Gasteiger partial charge in [-0.05, 0) is 75.9 Å². The van der Waals surface area contributed by atoms with Gasteiger partial charge in [-0.15, -0.1) is 0 Å². The average Bonchev–Trinajstić information content (AvgIpc) is 2.84. The number of amides is 2. The van der Waals surface area contributed by atoms with E-state index in [9.17, 15) is 9.59 Å². The quantitative estimate of drug-likeness (QED) is 0.347. The van der Waals surface area contributed by atoms with Crippen molar-refractivity contribution in [3.8, 4) is 11.5 Å². The topological polar surface area (TPSA) is 67.9 Å². The van der Waals surface area contributed by atoms with Gasteiger partial charge in [-0.25, -0.2) is 0 Å². The van der Waals surface area contributed by atoms with Crippen LogP contribution >= 0.6 is 23.2 Å². The second kappa shape index (κ2) is 14.2. The van der Waals surface area contributed by atoms with E-state index in [1.807, 2.05) is 52.0 Å². The van der Waals surface area contributed by atoms with E-state index in [0.29, 0.717) is 41.2 Å². The number of benzene rings is 2. The largest absolute Gasteiger partial charge is 0.490 e. The van der Waals surface area contributed by atoms with Gasteiger partial charge in [0.25, 0.3) is 0 Å². The van der Waals surface area contributed by atoms with Crippen LogP contribution in [0, 0.1) is 0 Å². The van der Waals surface area contributed by atoms with E-state index in [4.69, 9.17) is 32.7 Å². The lowest BCUT2D eigenvalue weighted by Gasteiger charge is -2.30. The lowest BCUT2D eigenvalue weighted by Crippen LogP contribution is -2.49. The molecule has 0 bridgehead atoms. The number of halogens is 2. The minimum atomic E-state index is -0.648. The Labute approximate surface area is 218 Å². The first kappa shape index (κ1) is 28.8. The minimum Gasteiger partial charge on any atom is -0.490 e. The number of carbonyl (C=O) groups excluding carboxylic acids is 2. The van der Waals surface area contributed by atoms with Crippen LogP contribution in [0.2, 0.25) is 10.0 Å². The number of nitrogens with zero attached hydrogens (tertiary/aromatic N) is 1. The van der Waals surface area contributed by atoms with Crippen LogP contribution in [0.1, 0.15) is 58.6 Å². The van der Waals surface area contributed by atoms with Crippen LogP contribution in [0.3, 0.4) is 0 Å². The fourth-order valence-corrected chi connectivity index (χ4v) is 3.85. The van der Waals surface area contributed by atoms with Crippen molar-refractivity contribution in [3.63, 3.8) is 0 Å². The Bertz CT molecular complexity index is 999. The Morgan fingerprint density at radius 2 is 1.57 bits per heavy atom. The standard InChI is InChI=1S/C27H36Cl2N2O4/c1-6-18(4)30-27(33)19(5)31(17-21-9-12-22(28)23(29)15-21)26(32)14-11-20-10-13-24(34-7-2)25(16-20)35-8-3/h9-10,12-13,15-16,18-19H,6-8,11,14,17H2,1-5H3,(H,30,33)/t18-,19+/m1/s1. The molecule has 35 heavy (non-hydrogen) atoms. The number of carbonyl (C=O) groups is 2. The van der Waals surface area contributed by atoms with Crippen LogP contribution < -0.4 is 14.8 Å². The van der Waals surface area contributed by atoms with Crippen LogP contribution in [0.25, 0.3) is 0 Å². The van der Waals surface area contributed by atoms with Gasteiger partial charge < -0.3 is 19.7 Å². The molecule has 0 heterocycles. The second-order valence-corrected chi connectivity index (χ2v) is 9.23. The highest BCUT2D eigenvalue weighted by Gasteiger charge is 2.27. The third-order valence-electron chi connectivity index (χ3n) is 5.74. The van der Waals surface area contributed by atoms with Crippen molar-refractivity contribution in [3.05, 3.63) is 57.6 Å². The Balaban J connectivity index is 2.21. The average molecular weight is 524 g/mol. The summed E-state index contributed by atoms with van der Waals surface area (Å²) in [6.45, 7) is 10.8. The molecule has 0 aliphatic carbocycles. The Morgan fingerprint density at radius 1 is 0.914 bits per heavy atom. The summed E-state index contributed by atoms with van der Waals surface area (Å²) < 4.78 is 11.3. The summed E-state index contributed by atoms with van der Waals surface area (Å²) in [6.07, 6.45) is 1.55. The van der Waals surface area contributed by atoms with Crippen molar-refractivity contribution >= 4 is 35.0 Å². The summed E-state index contributed by atoms with van der Waals surface area (Å²) in [6, 6.07) is 10.3. The lowest BCUT2D eigenvalue weighted by atomic mass is 10.1. The smallest absolute Gasteiger partial charge is 0.242 e. The highest BCUT2D eigenvalue weighted by atomic mass is 35.5. The van der Waals surface area contributed by atoms with E-state index in [1.54, 1.807) is 24.0 Å². The van der Waals surface area contributed by atoms with Crippen LogP contribution in [0.4, 0.5) is 0 Å². The van der Waals surface area contributed by atoms with Crippen LogP contribution in [0.15, 0.2) is 36.4 Å². The maximum absolute atomic E-state index is 13.4. The fraction of sp³-hybridized carbons (Fsp3) is 0.481. The van der Waals surface area contributed by atoms with Crippen molar-refractivity contribution in [1.29, 1.82) is 0 Å². The highest BCUT2D eigenvalue weighted by Crippen LogP contribution is 2.29. The molecule has 0 saturated carbocycles. The second-order valence-electron chi connectivity index (χ2n) is 8.41. The number of hydrogen-bond donors (Lipinski definition) is 1. The third kappa shape index (κ3) is 8.62. The van der Waals surface area contributed by atoms with Gasteiger partial charge in [0.1, 0.15) is 6.04 Å². The minimum absolute atomic E-state index is 0.0210. The molecule has 0 spiro atoms. The number of nitrogens with one attached hydrogen (secondary N) is 1. The van der Waals surface area contributed by atoms with Gasteiger partial charge in [0.15, 0.2) is 11.5 Å². The molecule has 0 unspecified atom stereocenters. The van der Waals surface area contributed by atoms with Gasteiger partial charge in [-0.1, -0.05) is 42.3 Å². The highest BCUT2D eigenvalue weighted by molar-refractivity contribution is 6.42. The van der Waals surface area contributed by atoms with E-state index in [0.717, 1.165) is 17.5 Å². The first-order chi connectivity index (χ1) is 16.7. The predicted molar refractivity (Wildman–Crippen MR) is 141 cm³/mol. The molecule has 2 aromatic rings. The Hall–Kier alpha value is -2.44. The third-order valence-corrected chi connectivity index (χ3v) is 6.48. The van der Waals surface area contributed by atoms with Gasteiger partial charge in [-0.2, -0.15) is 0 Å². The summed E-state index contributed by atoms with van der Waals surface area (Å²) in [5.74, 6) is 1.02. The zero-order valence-electron chi connectivity index (χ0n) is 21.2. The molecule has 0 saturated heterocycles. The molecule has 2 aromatic carbocycles. The summed E-state index contributed by atoms with van der Waals surface area (Å²) in [7, 11) is 0. The number of ether oxygens (including phenoxy) is 2. The Morgan fingerprint density at radius 3 is 2.20 bits per heavy atom. The van der Waals surface area contributed by atoms with Crippen molar-refractivity contribution in [2.45, 2.75) is 72.5 Å². The molecule has 2 rings (SSSR count). The molecule has 6 nitrogen and oxygen atoms in total. The lowest BCUT2D eigenvalue weighted by molar-refractivity contribution is -0.140. The fourth-order valence-electron chi connectivity index (χ4n) is 3.53. The van der Waals surface area contributed by atoms with Gasteiger partial charge in [0.05, 0.1) is 23.3 Å². The SMILES string of the molecule is CCOc1ccc(CCC(=O)N(Cc2ccc(Cl)c(Cl)c2)[C@@H](C)C(=O)N[C@H](C)CC)cc1OCC. The van der Waals surface area contributed by atoms with Crippen molar-refractivity contribution in [1.82, 2.24) is 10.2 Å². The van der Waals surface area contributed by atoms with Gasteiger partial charge in [0, 0.05) is 19.0 Å². The van der Waals surface area contributed by atoms with E-state index < -0.39 is 6.04 Å². The molecule has 2 amide bonds. The summed E-state index contributed by atoms with van der Waals surface area (Å²) in [5, 5.41) is 3.82.